The molecule has 2 rings (SSSR count). The molecule has 2 nitrogen and oxygen atoms in total. The van der Waals surface area contributed by atoms with Crippen molar-refractivity contribution in [3.05, 3.63) is 61.5 Å². The molecule has 0 bridgehead atoms. The summed E-state index contributed by atoms with van der Waals surface area (Å²) >= 11 is 12.6. The van der Waals surface area contributed by atoms with E-state index in [9.17, 15) is 4.79 Å². The van der Waals surface area contributed by atoms with Crippen LogP contribution in [0.15, 0.2) is 45.3 Å². The standard InChI is InChI=1S/C14H10Br2ClNO/c1-8-2-3-9(15)6-13(8)18-14(19)11-7-10(17)4-5-12(11)16/h2-7H,1H3,(H,18,19). The highest BCUT2D eigenvalue weighted by Gasteiger charge is 2.12. The molecule has 0 spiro atoms. The lowest BCUT2D eigenvalue weighted by molar-refractivity contribution is 0.102. The quantitative estimate of drug-likeness (QED) is 0.712. The second kappa shape index (κ2) is 6.07. The van der Waals surface area contributed by atoms with Gasteiger partial charge in [-0.15, -0.1) is 0 Å². The van der Waals surface area contributed by atoms with Crippen LogP contribution in [0.5, 0.6) is 0 Å². The van der Waals surface area contributed by atoms with Crippen molar-refractivity contribution in [1.29, 1.82) is 0 Å². The molecule has 0 atom stereocenters. The van der Waals surface area contributed by atoms with Crippen LogP contribution in [0.1, 0.15) is 15.9 Å². The van der Waals surface area contributed by atoms with Crippen LogP contribution < -0.4 is 5.32 Å². The molecule has 1 N–H and O–H groups in total. The van der Waals surface area contributed by atoms with Gasteiger partial charge >= 0.3 is 0 Å². The summed E-state index contributed by atoms with van der Waals surface area (Å²) in [6.07, 6.45) is 0. The van der Waals surface area contributed by atoms with Crippen molar-refractivity contribution < 1.29 is 4.79 Å². The first-order valence-electron chi connectivity index (χ1n) is 5.50. The van der Waals surface area contributed by atoms with Gasteiger partial charge in [0.15, 0.2) is 0 Å². The Balaban J connectivity index is 2.30. The van der Waals surface area contributed by atoms with Gasteiger partial charge in [0.2, 0.25) is 0 Å². The first-order chi connectivity index (χ1) is 8.97. The average Bonchev–Trinajstić information content (AvgIpc) is 2.36. The van der Waals surface area contributed by atoms with Crippen molar-refractivity contribution in [2.75, 3.05) is 5.32 Å². The van der Waals surface area contributed by atoms with Crippen molar-refractivity contribution in [3.8, 4) is 0 Å². The molecule has 0 aliphatic rings. The number of carbonyl (C=O) groups excluding carboxylic acids is 1. The van der Waals surface area contributed by atoms with E-state index in [0.717, 1.165) is 15.7 Å². The summed E-state index contributed by atoms with van der Waals surface area (Å²) in [7, 11) is 0. The molecule has 1 amide bonds. The minimum absolute atomic E-state index is 0.199. The number of amides is 1. The zero-order valence-corrected chi connectivity index (χ0v) is 13.9. The van der Waals surface area contributed by atoms with Gasteiger partial charge in [0.25, 0.3) is 5.91 Å². The fraction of sp³-hybridized carbons (Fsp3) is 0.0714. The number of carbonyl (C=O) groups is 1. The van der Waals surface area contributed by atoms with E-state index in [2.05, 4.69) is 37.2 Å². The number of rotatable bonds is 2. The topological polar surface area (TPSA) is 29.1 Å². The van der Waals surface area contributed by atoms with Crippen LogP contribution in [0, 0.1) is 6.92 Å². The lowest BCUT2D eigenvalue weighted by Gasteiger charge is -2.10. The maximum atomic E-state index is 12.2. The first-order valence-corrected chi connectivity index (χ1v) is 7.46. The maximum absolute atomic E-state index is 12.2. The molecule has 0 aliphatic carbocycles. The molecule has 98 valence electrons. The molecule has 2 aromatic carbocycles. The summed E-state index contributed by atoms with van der Waals surface area (Å²) in [5, 5.41) is 3.40. The van der Waals surface area contributed by atoms with E-state index in [0.29, 0.717) is 15.1 Å². The summed E-state index contributed by atoms with van der Waals surface area (Å²) in [6.45, 7) is 1.94. The second-order valence-corrected chi connectivity index (χ2v) is 6.24. The van der Waals surface area contributed by atoms with Crippen LogP contribution in [-0.2, 0) is 0 Å². The Morgan fingerprint density at radius 3 is 2.63 bits per heavy atom. The van der Waals surface area contributed by atoms with Gasteiger partial charge in [0, 0.05) is 19.7 Å². The third-order valence-corrected chi connectivity index (χ3v) is 4.04. The molecule has 0 saturated heterocycles. The van der Waals surface area contributed by atoms with E-state index >= 15 is 0 Å². The predicted octanol–water partition coefficient (Wildman–Crippen LogP) is 5.43. The van der Waals surface area contributed by atoms with E-state index in [1.807, 2.05) is 25.1 Å². The van der Waals surface area contributed by atoms with Crippen molar-refractivity contribution in [2.45, 2.75) is 6.92 Å². The highest BCUT2D eigenvalue weighted by Crippen LogP contribution is 2.25. The Bertz CT molecular complexity index is 643. The van der Waals surface area contributed by atoms with Crippen LogP contribution in [0.4, 0.5) is 5.69 Å². The largest absolute Gasteiger partial charge is 0.322 e. The summed E-state index contributed by atoms with van der Waals surface area (Å²) in [5.74, 6) is -0.199. The third kappa shape index (κ3) is 3.59. The van der Waals surface area contributed by atoms with Gasteiger partial charge in [0.05, 0.1) is 5.56 Å². The van der Waals surface area contributed by atoms with Gasteiger partial charge in [0.1, 0.15) is 0 Å². The van der Waals surface area contributed by atoms with Gasteiger partial charge in [-0.05, 0) is 58.7 Å². The Hall–Kier alpha value is -0.840. The van der Waals surface area contributed by atoms with Gasteiger partial charge in [-0.2, -0.15) is 0 Å². The minimum Gasteiger partial charge on any atom is -0.322 e. The first kappa shape index (κ1) is 14.6. The molecule has 0 unspecified atom stereocenters. The van der Waals surface area contributed by atoms with Crippen LogP contribution in [0.3, 0.4) is 0 Å². The molecule has 0 fully saturated rings. The normalized spacial score (nSPS) is 10.3. The minimum atomic E-state index is -0.199. The second-order valence-electron chi connectivity index (χ2n) is 4.04. The number of aryl methyl sites for hydroxylation is 1. The SMILES string of the molecule is Cc1ccc(Br)cc1NC(=O)c1cc(Cl)ccc1Br. The van der Waals surface area contributed by atoms with Crippen molar-refractivity contribution in [2.24, 2.45) is 0 Å². The summed E-state index contributed by atoms with van der Waals surface area (Å²) in [5.41, 5.74) is 2.27. The molecule has 5 heteroatoms. The number of hydrogen-bond acceptors (Lipinski definition) is 1. The Kier molecular flexibility index (Phi) is 4.66. The van der Waals surface area contributed by atoms with Crippen LogP contribution in [-0.4, -0.2) is 5.91 Å². The summed E-state index contributed by atoms with van der Waals surface area (Å²) in [6, 6.07) is 10.9. The Morgan fingerprint density at radius 1 is 1.16 bits per heavy atom. The van der Waals surface area contributed by atoms with Gasteiger partial charge in [-0.1, -0.05) is 33.6 Å². The monoisotopic (exact) mass is 401 g/mol. The number of anilines is 1. The van der Waals surface area contributed by atoms with Crippen LogP contribution >= 0.6 is 43.5 Å². The summed E-state index contributed by atoms with van der Waals surface area (Å²) in [4.78, 5) is 12.2. The highest BCUT2D eigenvalue weighted by molar-refractivity contribution is 9.10. The molecule has 0 heterocycles. The van der Waals surface area contributed by atoms with Gasteiger partial charge < -0.3 is 5.32 Å². The lowest BCUT2D eigenvalue weighted by Crippen LogP contribution is -2.13. The number of benzene rings is 2. The van der Waals surface area contributed by atoms with Crippen LogP contribution in [0.25, 0.3) is 0 Å². The van der Waals surface area contributed by atoms with Crippen molar-refractivity contribution in [1.82, 2.24) is 0 Å². The highest BCUT2D eigenvalue weighted by atomic mass is 79.9. The van der Waals surface area contributed by atoms with Gasteiger partial charge in [-0.25, -0.2) is 0 Å². The van der Waals surface area contributed by atoms with Crippen molar-refractivity contribution >= 4 is 55.1 Å². The summed E-state index contributed by atoms with van der Waals surface area (Å²) < 4.78 is 1.63. The van der Waals surface area contributed by atoms with E-state index < -0.39 is 0 Å². The molecular formula is C14H10Br2ClNO. The molecule has 0 aromatic heterocycles. The average molecular weight is 404 g/mol. The van der Waals surface area contributed by atoms with E-state index in [-0.39, 0.29) is 5.91 Å². The molecular weight excluding hydrogens is 393 g/mol. The molecule has 0 saturated carbocycles. The van der Waals surface area contributed by atoms with E-state index in [4.69, 9.17) is 11.6 Å². The Labute approximate surface area is 133 Å². The number of halogens is 3. The smallest absolute Gasteiger partial charge is 0.256 e. The maximum Gasteiger partial charge on any atom is 0.256 e. The fourth-order valence-electron chi connectivity index (χ4n) is 1.59. The molecule has 2 aromatic rings. The molecule has 0 radical (unpaired) electrons. The van der Waals surface area contributed by atoms with E-state index in [1.54, 1.807) is 18.2 Å². The van der Waals surface area contributed by atoms with E-state index in [1.165, 1.54) is 0 Å². The molecule has 19 heavy (non-hydrogen) atoms. The fourth-order valence-corrected chi connectivity index (χ4v) is 2.55. The number of hydrogen-bond donors (Lipinski definition) is 1. The van der Waals surface area contributed by atoms with Crippen molar-refractivity contribution in [3.63, 3.8) is 0 Å². The predicted molar refractivity (Wildman–Crippen MR) is 86.0 cm³/mol. The Morgan fingerprint density at radius 2 is 1.89 bits per heavy atom. The zero-order valence-electron chi connectivity index (χ0n) is 10.0. The van der Waals surface area contributed by atoms with Crippen LogP contribution in [0.2, 0.25) is 5.02 Å². The zero-order chi connectivity index (χ0) is 14.0. The van der Waals surface area contributed by atoms with Gasteiger partial charge in [-0.3, -0.25) is 4.79 Å². The number of nitrogens with one attached hydrogen (secondary N) is 1. The molecule has 0 aliphatic heterocycles. The third-order valence-electron chi connectivity index (χ3n) is 2.62. The lowest BCUT2D eigenvalue weighted by atomic mass is 10.1.